The molecule has 2 rings (SSSR count). The highest BCUT2D eigenvalue weighted by atomic mass is 32.2. The minimum atomic E-state index is -3.73. The first kappa shape index (κ1) is 18.9. The summed E-state index contributed by atoms with van der Waals surface area (Å²) in [6.45, 7) is 4.36. The van der Waals surface area contributed by atoms with Gasteiger partial charge in [0.1, 0.15) is 0 Å². The van der Waals surface area contributed by atoms with E-state index in [-0.39, 0.29) is 10.5 Å². The Morgan fingerprint density at radius 1 is 1.29 bits per heavy atom. The first-order valence-corrected chi connectivity index (χ1v) is 9.75. The predicted octanol–water partition coefficient (Wildman–Crippen LogP) is 2.15. The van der Waals surface area contributed by atoms with Crippen molar-refractivity contribution >= 4 is 16.0 Å². The number of nitrogens with one attached hydrogen (secondary N) is 1. The van der Waals surface area contributed by atoms with Crippen LogP contribution >= 0.6 is 0 Å². The SMILES string of the molecule is Cc1cc(C(=O)O)cc(S(=O)(=O)NCCN(C)C2CCCC2)c1C. The average molecular weight is 354 g/mol. The molecule has 1 aliphatic carbocycles. The van der Waals surface area contributed by atoms with Crippen molar-refractivity contribution in [3.63, 3.8) is 0 Å². The van der Waals surface area contributed by atoms with Gasteiger partial charge in [-0.25, -0.2) is 17.9 Å². The van der Waals surface area contributed by atoms with Crippen LogP contribution in [0.5, 0.6) is 0 Å². The fourth-order valence-corrected chi connectivity index (χ4v) is 4.55. The number of rotatable bonds is 7. The maximum atomic E-state index is 12.6. The molecule has 0 spiro atoms. The van der Waals surface area contributed by atoms with Crippen molar-refractivity contribution in [3.05, 3.63) is 28.8 Å². The summed E-state index contributed by atoms with van der Waals surface area (Å²) in [5.41, 5.74) is 1.22. The van der Waals surface area contributed by atoms with Gasteiger partial charge in [-0.1, -0.05) is 12.8 Å². The van der Waals surface area contributed by atoms with E-state index in [0.29, 0.717) is 30.3 Å². The fraction of sp³-hybridized carbons (Fsp3) is 0.588. The molecule has 24 heavy (non-hydrogen) atoms. The molecule has 0 atom stereocenters. The van der Waals surface area contributed by atoms with Gasteiger partial charge in [0.05, 0.1) is 10.5 Å². The van der Waals surface area contributed by atoms with Crippen LogP contribution in [-0.4, -0.2) is 50.6 Å². The first-order valence-electron chi connectivity index (χ1n) is 8.27. The number of sulfonamides is 1. The van der Waals surface area contributed by atoms with Crippen LogP contribution in [0, 0.1) is 13.8 Å². The summed E-state index contributed by atoms with van der Waals surface area (Å²) in [5.74, 6) is -1.13. The number of carbonyl (C=O) groups is 1. The molecule has 0 aromatic heterocycles. The molecule has 0 heterocycles. The Bertz CT molecular complexity index is 710. The number of carboxylic acids is 1. The van der Waals surface area contributed by atoms with Crippen molar-refractivity contribution in [3.8, 4) is 0 Å². The molecule has 1 aromatic rings. The molecule has 0 bridgehead atoms. The molecule has 0 saturated heterocycles. The zero-order chi connectivity index (χ0) is 17.9. The lowest BCUT2D eigenvalue weighted by Crippen LogP contribution is -2.37. The summed E-state index contributed by atoms with van der Waals surface area (Å²) in [5, 5.41) is 9.14. The highest BCUT2D eigenvalue weighted by Gasteiger charge is 2.22. The predicted molar refractivity (Wildman–Crippen MR) is 92.9 cm³/mol. The van der Waals surface area contributed by atoms with E-state index in [1.54, 1.807) is 13.8 Å². The highest BCUT2D eigenvalue weighted by molar-refractivity contribution is 7.89. The zero-order valence-electron chi connectivity index (χ0n) is 14.5. The lowest BCUT2D eigenvalue weighted by atomic mass is 10.1. The van der Waals surface area contributed by atoms with Crippen molar-refractivity contribution in [2.75, 3.05) is 20.1 Å². The van der Waals surface area contributed by atoms with E-state index in [9.17, 15) is 13.2 Å². The van der Waals surface area contributed by atoms with Crippen molar-refractivity contribution in [1.82, 2.24) is 9.62 Å². The van der Waals surface area contributed by atoms with Gasteiger partial charge in [-0.3, -0.25) is 0 Å². The van der Waals surface area contributed by atoms with Gasteiger partial charge in [0.25, 0.3) is 0 Å². The van der Waals surface area contributed by atoms with Crippen LogP contribution in [0.1, 0.15) is 47.2 Å². The van der Waals surface area contributed by atoms with E-state index in [4.69, 9.17) is 5.11 Å². The molecule has 0 radical (unpaired) electrons. The second-order valence-electron chi connectivity index (χ2n) is 6.54. The zero-order valence-corrected chi connectivity index (χ0v) is 15.3. The molecule has 1 saturated carbocycles. The lowest BCUT2D eigenvalue weighted by molar-refractivity contribution is 0.0696. The van der Waals surface area contributed by atoms with Crippen LogP contribution in [0.15, 0.2) is 17.0 Å². The molecule has 134 valence electrons. The highest BCUT2D eigenvalue weighted by Crippen LogP contribution is 2.23. The Morgan fingerprint density at radius 2 is 1.92 bits per heavy atom. The van der Waals surface area contributed by atoms with Gasteiger partial charge in [0.15, 0.2) is 0 Å². The van der Waals surface area contributed by atoms with Gasteiger partial charge in [-0.05, 0) is 57.0 Å². The number of aryl methyl sites for hydroxylation is 1. The number of aromatic carboxylic acids is 1. The quantitative estimate of drug-likeness (QED) is 0.783. The lowest BCUT2D eigenvalue weighted by Gasteiger charge is -2.24. The van der Waals surface area contributed by atoms with E-state index in [2.05, 4.69) is 9.62 Å². The monoisotopic (exact) mass is 354 g/mol. The summed E-state index contributed by atoms with van der Waals surface area (Å²) in [4.78, 5) is 13.4. The number of carboxylic acid groups (broad SMARTS) is 1. The van der Waals surface area contributed by atoms with Gasteiger partial charge in [-0.15, -0.1) is 0 Å². The number of hydrogen-bond acceptors (Lipinski definition) is 4. The molecule has 2 N–H and O–H groups in total. The van der Waals surface area contributed by atoms with E-state index in [0.717, 1.165) is 0 Å². The van der Waals surface area contributed by atoms with Gasteiger partial charge >= 0.3 is 5.97 Å². The maximum Gasteiger partial charge on any atom is 0.335 e. The average Bonchev–Trinajstić information content (AvgIpc) is 3.03. The van der Waals surface area contributed by atoms with E-state index < -0.39 is 16.0 Å². The molecular formula is C17H26N2O4S. The minimum absolute atomic E-state index is 0.0125. The summed E-state index contributed by atoms with van der Waals surface area (Å²) < 4.78 is 27.7. The molecule has 0 amide bonds. The topological polar surface area (TPSA) is 86.7 Å². The molecule has 6 nitrogen and oxygen atoms in total. The standard InChI is InChI=1S/C17H26N2O4S/c1-12-10-14(17(20)21)11-16(13(12)2)24(22,23)18-8-9-19(3)15-6-4-5-7-15/h10-11,15,18H,4-9H2,1-3H3,(H,20,21). The summed E-state index contributed by atoms with van der Waals surface area (Å²) in [6.07, 6.45) is 4.81. The Labute approximate surface area is 143 Å². The molecular weight excluding hydrogens is 328 g/mol. The molecule has 0 unspecified atom stereocenters. The summed E-state index contributed by atoms with van der Waals surface area (Å²) >= 11 is 0. The summed E-state index contributed by atoms with van der Waals surface area (Å²) in [7, 11) is -1.71. The second-order valence-corrected chi connectivity index (χ2v) is 8.27. The molecule has 1 aromatic carbocycles. The molecule has 7 heteroatoms. The summed E-state index contributed by atoms with van der Waals surface area (Å²) in [6, 6.07) is 3.26. The van der Waals surface area contributed by atoms with E-state index >= 15 is 0 Å². The van der Waals surface area contributed by atoms with Crippen molar-refractivity contribution in [2.45, 2.75) is 50.5 Å². The van der Waals surface area contributed by atoms with Crippen molar-refractivity contribution in [2.24, 2.45) is 0 Å². The molecule has 1 fully saturated rings. The van der Waals surface area contributed by atoms with Crippen LogP contribution in [0.25, 0.3) is 0 Å². The van der Waals surface area contributed by atoms with Crippen LogP contribution < -0.4 is 4.72 Å². The van der Waals surface area contributed by atoms with Gasteiger partial charge in [0.2, 0.25) is 10.0 Å². The van der Waals surface area contributed by atoms with Gasteiger partial charge in [0, 0.05) is 19.1 Å². The van der Waals surface area contributed by atoms with Crippen LogP contribution in [0.3, 0.4) is 0 Å². The Morgan fingerprint density at radius 3 is 2.50 bits per heavy atom. The Balaban J connectivity index is 2.08. The second kappa shape index (κ2) is 7.63. The minimum Gasteiger partial charge on any atom is -0.478 e. The number of nitrogens with zero attached hydrogens (tertiary/aromatic N) is 1. The third-order valence-electron chi connectivity index (χ3n) is 4.86. The largest absolute Gasteiger partial charge is 0.478 e. The van der Waals surface area contributed by atoms with Crippen LogP contribution in [0.2, 0.25) is 0 Å². The Kier molecular flexibility index (Phi) is 6.01. The van der Waals surface area contributed by atoms with E-state index in [1.807, 2.05) is 7.05 Å². The smallest absolute Gasteiger partial charge is 0.335 e. The van der Waals surface area contributed by atoms with Gasteiger partial charge < -0.3 is 10.0 Å². The third-order valence-corrected chi connectivity index (χ3v) is 6.45. The number of benzene rings is 1. The molecule has 0 aliphatic heterocycles. The van der Waals surface area contributed by atoms with Crippen LogP contribution in [0.4, 0.5) is 0 Å². The van der Waals surface area contributed by atoms with Gasteiger partial charge in [-0.2, -0.15) is 0 Å². The van der Waals surface area contributed by atoms with E-state index in [1.165, 1.54) is 37.8 Å². The van der Waals surface area contributed by atoms with Crippen LogP contribution in [-0.2, 0) is 10.0 Å². The maximum absolute atomic E-state index is 12.6. The number of likely N-dealkylation sites (N-methyl/N-ethyl adjacent to an activating group) is 1. The first-order chi connectivity index (χ1) is 11.2. The van der Waals surface area contributed by atoms with Crippen molar-refractivity contribution < 1.29 is 18.3 Å². The fourth-order valence-electron chi connectivity index (χ4n) is 3.19. The Hall–Kier alpha value is -1.44. The number of hydrogen-bond donors (Lipinski definition) is 2. The molecule has 1 aliphatic rings. The van der Waals surface area contributed by atoms with Crippen molar-refractivity contribution in [1.29, 1.82) is 0 Å². The third kappa shape index (κ3) is 4.34. The normalized spacial score (nSPS) is 16.0.